The van der Waals surface area contributed by atoms with Crippen LogP contribution in [-0.4, -0.2) is 27.4 Å². The van der Waals surface area contributed by atoms with Gasteiger partial charge < -0.3 is 10.8 Å². The van der Waals surface area contributed by atoms with E-state index in [9.17, 15) is 9.18 Å². The largest absolute Gasteiger partial charge is 0.390 e. The van der Waals surface area contributed by atoms with Crippen molar-refractivity contribution in [2.24, 2.45) is 0 Å². The maximum Gasteiger partial charge on any atom is 0.349 e. The number of aliphatic hydroxyl groups is 1. The van der Waals surface area contributed by atoms with Crippen molar-refractivity contribution in [3.05, 3.63) is 22.7 Å². The summed E-state index contributed by atoms with van der Waals surface area (Å²) in [6.07, 6.45) is 1.44. The monoisotopic (exact) mass is 215 g/mol. The first-order chi connectivity index (χ1) is 7.13. The molecule has 0 radical (unpaired) electrons. The highest BCUT2D eigenvalue weighted by atomic mass is 19.1. The number of nitrogens with two attached hydrogens (primary N) is 1. The van der Waals surface area contributed by atoms with Crippen molar-refractivity contribution in [2.45, 2.75) is 25.5 Å². The summed E-state index contributed by atoms with van der Waals surface area (Å²) in [4.78, 5) is 14.8. The first-order valence-electron chi connectivity index (χ1n) is 4.70. The maximum atomic E-state index is 11.9. The van der Waals surface area contributed by atoms with Gasteiger partial charge in [0.25, 0.3) is 0 Å². The van der Waals surface area contributed by atoms with Gasteiger partial charge in [0, 0.05) is 12.7 Å². The third-order valence-corrected chi connectivity index (χ3v) is 2.01. The molecule has 6 heteroatoms. The standard InChI is InChI=1S/C9H14FN3O2/c10-6-7(14)2-1-4-13-5-3-8(11)12-9(13)15/h3,5,7,14H,1-2,4,6H2,(H2,11,12,15). The van der Waals surface area contributed by atoms with E-state index in [1.165, 1.54) is 16.8 Å². The molecule has 0 spiro atoms. The molecule has 5 nitrogen and oxygen atoms in total. The van der Waals surface area contributed by atoms with Crippen molar-refractivity contribution >= 4 is 5.82 Å². The fraction of sp³-hybridized carbons (Fsp3) is 0.556. The molecule has 1 atom stereocenters. The van der Waals surface area contributed by atoms with Crippen molar-refractivity contribution in [3.63, 3.8) is 0 Å². The first kappa shape index (κ1) is 11.6. The van der Waals surface area contributed by atoms with Crippen LogP contribution in [0, 0.1) is 0 Å². The van der Waals surface area contributed by atoms with Gasteiger partial charge in [0.2, 0.25) is 0 Å². The summed E-state index contributed by atoms with van der Waals surface area (Å²) in [7, 11) is 0. The molecule has 1 unspecified atom stereocenters. The van der Waals surface area contributed by atoms with E-state index < -0.39 is 18.5 Å². The molecule has 1 aromatic heterocycles. The van der Waals surface area contributed by atoms with Crippen molar-refractivity contribution in [3.8, 4) is 0 Å². The normalized spacial score (nSPS) is 12.7. The number of halogens is 1. The smallest absolute Gasteiger partial charge is 0.349 e. The Kier molecular flexibility index (Phi) is 4.23. The summed E-state index contributed by atoms with van der Waals surface area (Å²) in [5.41, 5.74) is 4.89. The van der Waals surface area contributed by atoms with Crippen molar-refractivity contribution < 1.29 is 9.50 Å². The lowest BCUT2D eigenvalue weighted by molar-refractivity contribution is 0.127. The summed E-state index contributed by atoms with van der Waals surface area (Å²) >= 11 is 0. The quantitative estimate of drug-likeness (QED) is 0.720. The van der Waals surface area contributed by atoms with Crippen molar-refractivity contribution in [1.29, 1.82) is 0 Å². The number of aryl methyl sites for hydroxylation is 1. The summed E-state index contributed by atoms with van der Waals surface area (Å²) in [6, 6.07) is 1.52. The van der Waals surface area contributed by atoms with Crippen LogP contribution >= 0.6 is 0 Å². The van der Waals surface area contributed by atoms with E-state index >= 15 is 0 Å². The Labute approximate surface area is 86.4 Å². The van der Waals surface area contributed by atoms with Crippen LogP contribution in [0.1, 0.15) is 12.8 Å². The molecular weight excluding hydrogens is 201 g/mol. The van der Waals surface area contributed by atoms with Gasteiger partial charge in [-0.2, -0.15) is 4.98 Å². The van der Waals surface area contributed by atoms with Gasteiger partial charge in [0.15, 0.2) is 0 Å². The zero-order chi connectivity index (χ0) is 11.3. The van der Waals surface area contributed by atoms with E-state index in [-0.39, 0.29) is 5.82 Å². The minimum atomic E-state index is -0.942. The van der Waals surface area contributed by atoms with Gasteiger partial charge in [0.05, 0.1) is 6.10 Å². The Bertz CT molecular complexity index is 367. The van der Waals surface area contributed by atoms with Gasteiger partial charge in [-0.15, -0.1) is 0 Å². The first-order valence-corrected chi connectivity index (χ1v) is 4.70. The summed E-state index contributed by atoms with van der Waals surface area (Å²) in [6.45, 7) is -0.349. The molecule has 0 fully saturated rings. The molecule has 0 aliphatic heterocycles. The molecule has 0 saturated heterocycles. The lowest BCUT2D eigenvalue weighted by atomic mass is 10.2. The van der Waals surface area contributed by atoms with Gasteiger partial charge in [-0.05, 0) is 18.9 Å². The predicted octanol–water partition coefficient (Wildman–Crippen LogP) is -0.0639. The maximum absolute atomic E-state index is 11.9. The summed E-state index contributed by atoms with van der Waals surface area (Å²) in [5, 5.41) is 8.95. The zero-order valence-corrected chi connectivity index (χ0v) is 8.27. The van der Waals surface area contributed by atoms with Crippen LogP contribution in [0.3, 0.4) is 0 Å². The fourth-order valence-corrected chi connectivity index (χ4v) is 1.19. The van der Waals surface area contributed by atoms with Gasteiger partial charge in [-0.3, -0.25) is 4.57 Å². The van der Waals surface area contributed by atoms with Gasteiger partial charge in [-0.1, -0.05) is 0 Å². The van der Waals surface area contributed by atoms with Gasteiger partial charge >= 0.3 is 5.69 Å². The minimum Gasteiger partial charge on any atom is -0.390 e. The van der Waals surface area contributed by atoms with Gasteiger partial charge in [-0.25, -0.2) is 9.18 Å². The average molecular weight is 215 g/mol. The summed E-state index contributed by atoms with van der Waals surface area (Å²) < 4.78 is 13.3. The molecule has 1 rings (SSSR count). The Hall–Kier alpha value is -1.43. The van der Waals surface area contributed by atoms with Crippen LogP contribution in [0.4, 0.5) is 10.2 Å². The van der Waals surface area contributed by atoms with Crippen LogP contribution in [0.15, 0.2) is 17.1 Å². The molecule has 1 aromatic rings. The van der Waals surface area contributed by atoms with E-state index in [1.807, 2.05) is 0 Å². The molecule has 1 heterocycles. The second-order valence-electron chi connectivity index (χ2n) is 3.28. The Morgan fingerprint density at radius 2 is 2.40 bits per heavy atom. The van der Waals surface area contributed by atoms with E-state index in [4.69, 9.17) is 10.8 Å². The molecular formula is C9H14FN3O2. The Balaban J connectivity index is 2.48. The number of rotatable bonds is 5. The van der Waals surface area contributed by atoms with E-state index in [0.717, 1.165) is 0 Å². The molecule has 0 amide bonds. The fourth-order valence-electron chi connectivity index (χ4n) is 1.19. The molecule has 0 aliphatic carbocycles. The van der Waals surface area contributed by atoms with E-state index in [0.29, 0.717) is 19.4 Å². The molecule has 0 saturated carbocycles. The van der Waals surface area contributed by atoms with Crippen LogP contribution in [0.5, 0.6) is 0 Å². The number of aliphatic hydroxyl groups excluding tert-OH is 1. The number of nitrogens with zero attached hydrogens (tertiary/aromatic N) is 2. The number of alkyl halides is 1. The second-order valence-corrected chi connectivity index (χ2v) is 3.28. The molecule has 0 aliphatic rings. The van der Waals surface area contributed by atoms with E-state index in [2.05, 4.69) is 4.98 Å². The van der Waals surface area contributed by atoms with Gasteiger partial charge in [0.1, 0.15) is 12.5 Å². The second kappa shape index (κ2) is 5.45. The highest BCUT2D eigenvalue weighted by molar-refractivity contribution is 5.23. The average Bonchev–Trinajstić information content (AvgIpc) is 2.21. The summed E-state index contributed by atoms with van der Waals surface area (Å²) in [5.74, 6) is 0.181. The van der Waals surface area contributed by atoms with Crippen LogP contribution in [0.25, 0.3) is 0 Å². The number of nitrogen functional groups attached to an aromatic ring is 1. The van der Waals surface area contributed by atoms with Crippen LogP contribution in [-0.2, 0) is 6.54 Å². The lowest BCUT2D eigenvalue weighted by Crippen LogP contribution is -2.23. The third-order valence-electron chi connectivity index (χ3n) is 2.01. The highest BCUT2D eigenvalue weighted by Gasteiger charge is 2.03. The van der Waals surface area contributed by atoms with Crippen molar-refractivity contribution in [2.75, 3.05) is 12.4 Å². The number of hydrogen-bond donors (Lipinski definition) is 2. The minimum absolute atomic E-state index is 0.181. The number of hydrogen-bond acceptors (Lipinski definition) is 4. The van der Waals surface area contributed by atoms with E-state index in [1.54, 1.807) is 0 Å². The zero-order valence-electron chi connectivity index (χ0n) is 8.27. The predicted molar refractivity (Wildman–Crippen MR) is 54.1 cm³/mol. The SMILES string of the molecule is Nc1ccn(CCCC(O)CF)c(=O)n1. The van der Waals surface area contributed by atoms with Crippen molar-refractivity contribution in [1.82, 2.24) is 9.55 Å². The lowest BCUT2D eigenvalue weighted by Gasteiger charge is -2.07. The molecule has 0 aromatic carbocycles. The Morgan fingerprint density at radius 3 is 3.00 bits per heavy atom. The number of anilines is 1. The highest BCUT2D eigenvalue weighted by Crippen LogP contribution is 2.00. The third kappa shape index (κ3) is 3.67. The van der Waals surface area contributed by atoms with Crippen LogP contribution < -0.4 is 11.4 Å². The molecule has 3 N–H and O–H groups in total. The Morgan fingerprint density at radius 1 is 1.67 bits per heavy atom. The molecule has 84 valence electrons. The molecule has 15 heavy (non-hydrogen) atoms. The number of aromatic nitrogens is 2. The van der Waals surface area contributed by atoms with Crippen LogP contribution in [0.2, 0.25) is 0 Å². The topological polar surface area (TPSA) is 81.1 Å². The molecule has 0 bridgehead atoms.